The van der Waals surface area contributed by atoms with Gasteiger partial charge in [0.05, 0.1) is 26.2 Å². The minimum absolute atomic E-state index is 0.108. The highest BCUT2D eigenvalue weighted by molar-refractivity contribution is 5.95. The number of amides is 1. The van der Waals surface area contributed by atoms with Crippen LogP contribution in [0.2, 0.25) is 0 Å². The molecule has 0 fully saturated rings. The van der Waals surface area contributed by atoms with Gasteiger partial charge in [0.2, 0.25) is 11.9 Å². The van der Waals surface area contributed by atoms with Crippen molar-refractivity contribution >= 4 is 17.5 Å². The second kappa shape index (κ2) is 8.29. The van der Waals surface area contributed by atoms with Crippen LogP contribution < -0.4 is 20.1 Å². The van der Waals surface area contributed by atoms with Crippen LogP contribution in [0, 0.1) is 19.8 Å². The molecular formula is C23H27N5O3. The van der Waals surface area contributed by atoms with Crippen LogP contribution in [0.5, 0.6) is 11.5 Å². The van der Waals surface area contributed by atoms with Gasteiger partial charge < -0.3 is 20.1 Å². The summed E-state index contributed by atoms with van der Waals surface area (Å²) in [6.07, 6.45) is 1.49. The average Bonchev–Trinajstić information content (AvgIpc) is 3.21. The molecule has 8 heteroatoms. The van der Waals surface area contributed by atoms with E-state index in [-0.39, 0.29) is 11.9 Å². The minimum atomic E-state index is -0.476. The summed E-state index contributed by atoms with van der Waals surface area (Å²) in [7, 11) is 3.19. The van der Waals surface area contributed by atoms with Crippen molar-refractivity contribution in [1.82, 2.24) is 14.8 Å². The number of rotatable bonds is 5. The molecule has 0 spiro atoms. The van der Waals surface area contributed by atoms with Gasteiger partial charge in [-0.2, -0.15) is 10.1 Å². The molecule has 3 aromatic rings. The Bertz CT molecular complexity index is 1110. The molecule has 0 radical (unpaired) electrons. The number of nitrogens with one attached hydrogen (secondary N) is 2. The van der Waals surface area contributed by atoms with Crippen LogP contribution in [-0.2, 0) is 4.79 Å². The maximum atomic E-state index is 13.6. The first-order valence-electron chi connectivity index (χ1n) is 10.2. The largest absolute Gasteiger partial charge is 0.493 e. The summed E-state index contributed by atoms with van der Waals surface area (Å²) < 4.78 is 12.9. The van der Waals surface area contributed by atoms with Crippen LogP contribution in [0.1, 0.15) is 29.7 Å². The number of aryl methyl sites for hydroxylation is 2. The summed E-state index contributed by atoms with van der Waals surface area (Å²) >= 11 is 0. The van der Waals surface area contributed by atoms with E-state index in [1.807, 2.05) is 51.1 Å². The molecule has 0 unspecified atom stereocenters. The zero-order valence-corrected chi connectivity index (χ0v) is 18.3. The molecule has 31 heavy (non-hydrogen) atoms. The maximum Gasteiger partial charge on any atom is 0.232 e. The molecule has 4 rings (SSSR count). The summed E-state index contributed by atoms with van der Waals surface area (Å²) in [6, 6.07) is 11.0. The average molecular weight is 422 g/mol. The lowest BCUT2D eigenvalue weighted by Crippen LogP contribution is -2.46. The first-order valence-corrected chi connectivity index (χ1v) is 10.2. The topological polar surface area (TPSA) is 90.3 Å². The Labute approximate surface area is 181 Å². The first kappa shape index (κ1) is 20.7. The zero-order valence-electron chi connectivity index (χ0n) is 18.3. The summed E-state index contributed by atoms with van der Waals surface area (Å²) in [5.74, 6) is 1.20. The monoisotopic (exact) mass is 421 g/mol. The highest BCUT2D eigenvalue weighted by atomic mass is 16.5. The predicted molar refractivity (Wildman–Crippen MR) is 119 cm³/mol. The number of hydrogen-bond donors (Lipinski definition) is 2. The van der Waals surface area contributed by atoms with Crippen molar-refractivity contribution in [2.75, 3.05) is 24.9 Å². The number of ether oxygens (including phenoxy) is 2. The molecule has 0 aliphatic carbocycles. The number of aromatic nitrogens is 3. The molecule has 1 aliphatic heterocycles. The van der Waals surface area contributed by atoms with E-state index in [0.29, 0.717) is 17.4 Å². The van der Waals surface area contributed by atoms with E-state index in [4.69, 9.17) is 9.47 Å². The Morgan fingerprint density at radius 1 is 1.16 bits per heavy atom. The number of methoxy groups -OCH3 is 2. The predicted octanol–water partition coefficient (Wildman–Crippen LogP) is 3.57. The van der Waals surface area contributed by atoms with Crippen LogP contribution in [-0.4, -0.2) is 40.9 Å². The third-order valence-electron chi connectivity index (χ3n) is 5.77. The lowest BCUT2D eigenvalue weighted by molar-refractivity contribution is -0.121. The fourth-order valence-electron chi connectivity index (χ4n) is 4.29. The second-order valence-electron chi connectivity index (χ2n) is 7.82. The molecule has 1 amide bonds. The van der Waals surface area contributed by atoms with Gasteiger partial charge in [0.15, 0.2) is 11.5 Å². The van der Waals surface area contributed by atoms with Gasteiger partial charge in [0.25, 0.3) is 0 Å². The number of carbonyl (C=O) groups is 1. The Morgan fingerprint density at radius 3 is 2.68 bits per heavy atom. The van der Waals surface area contributed by atoms with Crippen molar-refractivity contribution in [2.24, 2.45) is 5.92 Å². The molecule has 0 saturated carbocycles. The number of fused-ring (bicyclic) bond motifs is 1. The third-order valence-corrected chi connectivity index (χ3v) is 5.77. The van der Waals surface area contributed by atoms with Gasteiger partial charge in [-0.1, -0.05) is 29.8 Å². The lowest BCUT2D eigenvalue weighted by Gasteiger charge is -2.37. The van der Waals surface area contributed by atoms with Gasteiger partial charge in [0.1, 0.15) is 6.33 Å². The van der Waals surface area contributed by atoms with Crippen molar-refractivity contribution in [3.63, 3.8) is 0 Å². The van der Waals surface area contributed by atoms with E-state index in [9.17, 15) is 4.79 Å². The molecule has 0 saturated heterocycles. The van der Waals surface area contributed by atoms with Crippen molar-refractivity contribution in [3.05, 3.63) is 59.4 Å². The van der Waals surface area contributed by atoms with Gasteiger partial charge in [-0.15, -0.1) is 0 Å². The van der Waals surface area contributed by atoms with E-state index in [1.54, 1.807) is 18.9 Å². The van der Waals surface area contributed by atoms with Crippen LogP contribution in [0.4, 0.5) is 11.6 Å². The number of hydrogen-bond acceptors (Lipinski definition) is 6. The Morgan fingerprint density at radius 2 is 1.97 bits per heavy atom. The van der Waals surface area contributed by atoms with Crippen LogP contribution in [0.15, 0.2) is 42.7 Å². The zero-order chi connectivity index (χ0) is 22.1. The normalized spacial score (nSPS) is 19.8. The molecule has 8 nitrogen and oxygen atoms in total. The van der Waals surface area contributed by atoms with E-state index < -0.39 is 12.0 Å². The van der Waals surface area contributed by atoms with Gasteiger partial charge in [0, 0.05) is 17.3 Å². The number of carbonyl (C=O) groups excluding carboxylic acids is 1. The molecule has 2 N–H and O–H groups in total. The van der Waals surface area contributed by atoms with Crippen molar-refractivity contribution < 1.29 is 14.3 Å². The van der Waals surface area contributed by atoms with Crippen molar-refractivity contribution in [1.29, 1.82) is 0 Å². The molecule has 0 bridgehead atoms. The van der Waals surface area contributed by atoms with E-state index in [0.717, 1.165) is 22.4 Å². The van der Waals surface area contributed by atoms with Crippen LogP contribution in [0.25, 0.3) is 0 Å². The number of nitrogens with zero attached hydrogens (tertiary/aromatic N) is 3. The minimum Gasteiger partial charge on any atom is -0.493 e. The van der Waals surface area contributed by atoms with Gasteiger partial charge in [-0.25, -0.2) is 4.68 Å². The van der Waals surface area contributed by atoms with Crippen LogP contribution >= 0.6 is 0 Å². The third kappa shape index (κ3) is 3.69. The molecule has 1 aliphatic rings. The fraction of sp³-hybridized carbons (Fsp3) is 0.348. The van der Waals surface area contributed by atoms with E-state index in [1.165, 1.54) is 6.33 Å². The SMILES string of the molecule is COc1cccc([C@@H]2[C@@H](C(=O)Nc3ccc(C)cc3C)[C@@H](C)Nc3ncnn32)c1OC. The Hall–Kier alpha value is -3.55. The van der Waals surface area contributed by atoms with Crippen molar-refractivity contribution in [2.45, 2.75) is 32.9 Å². The molecule has 2 heterocycles. The van der Waals surface area contributed by atoms with Gasteiger partial charge in [-0.3, -0.25) is 4.79 Å². The van der Waals surface area contributed by atoms with Crippen molar-refractivity contribution in [3.8, 4) is 11.5 Å². The maximum absolute atomic E-state index is 13.6. The molecule has 2 aromatic carbocycles. The lowest BCUT2D eigenvalue weighted by atomic mass is 9.84. The summed E-state index contributed by atoms with van der Waals surface area (Å²) in [5, 5.41) is 10.8. The Kier molecular flexibility index (Phi) is 5.54. The standard InChI is InChI=1S/C23H27N5O3/c1-13-9-10-17(14(2)11-13)27-22(29)19-15(3)26-23-24-12-25-28(23)20(19)16-7-6-8-18(30-4)21(16)31-5/h6-12,15,19-20H,1-5H3,(H,27,29)(H,24,25,26)/t15-,19+,20-/m1/s1. The van der Waals surface area contributed by atoms with Crippen LogP contribution in [0.3, 0.4) is 0 Å². The quantitative estimate of drug-likeness (QED) is 0.655. The number of anilines is 2. The second-order valence-corrected chi connectivity index (χ2v) is 7.82. The van der Waals surface area contributed by atoms with Gasteiger partial charge >= 0.3 is 0 Å². The summed E-state index contributed by atoms with van der Waals surface area (Å²) in [4.78, 5) is 17.9. The highest BCUT2D eigenvalue weighted by Gasteiger charge is 2.43. The Balaban J connectivity index is 1.80. The van der Waals surface area contributed by atoms with E-state index >= 15 is 0 Å². The fourth-order valence-corrected chi connectivity index (χ4v) is 4.29. The summed E-state index contributed by atoms with van der Waals surface area (Å²) in [6.45, 7) is 6.00. The van der Waals surface area contributed by atoms with Gasteiger partial charge in [-0.05, 0) is 38.5 Å². The molecule has 3 atom stereocenters. The smallest absolute Gasteiger partial charge is 0.232 e. The molecule has 162 valence electrons. The number of para-hydroxylation sites is 1. The van der Waals surface area contributed by atoms with E-state index in [2.05, 4.69) is 26.8 Å². The molecular weight excluding hydrogens is 394 g/mol. The number of benzene rings is 2. The molecule has 1 aromatic heterocycles. The first-order chi connectivity index (χ1) is 14.9. The highest BCUT2D eigenvalue weighted by Crippen LogP contribution is 2.43. The summed E-state index contributed by atoms with van der Waals surface area (Å²) in [5.41, 5.74) is 3.77.